The SMILES string of the molecule is COC(=O)C(O)C(O)c1cc(C)cs1. The summed E-state index contributed by atoms with van der Waals surface area (Å²) in [5.41, 5.74) is 0.987. The van der Waals surface area contributed by atoms with Gasteiger partial charge in [-0.2, -0.15) is 0 Å². The summed E-state index contributed by atoms with van der Waals surface area (Å²) in [7, 11) is 1.16. The van der Waals surface area contributed by atoms with Crippen molar-refractivity contribution in [2.24, 2.45) is 0 Å². The molecule has 4 nitrogen and oxygen atoms in total. The highest BCUT2D eigenvalue weighted by atomic mass is 32.1. The number of esters is 1. The summed E-state index contributed by atoms with van der Waals surface area (Å²) >= 11 is 1.30. The Kier molecular flexibility index (Phi) is 3.62. The molecule has 0 aliphatic rings. The Morgan fingerprint density at radius 2 is 2.21 bits per heavy atom. The highest BCUT2D eigenvalue weighted by Gasteiger charge is 2.27. The molecule has 2 atom stereocenters. The summed E-state index contributed by atoms with van der Waals surface area (Å²) in [4.78, 5) is 11.5. The van der Waals surface area contributed by atoms with E-state index in [4.69, 9.17) is 0 Å². The van der Waals surface area contributed by atoms with E-state index >= 15 is 0 Å². The van der Waals surface area contributed by atoms with Crippen LogP contribution in [0.3, 0.4) is 0 Å². The van der Waals surface area contributed by atoms with Crippen LogP contribution < -0.4 is 0 Å². The van der Waals surface area contributed by atoms with Crippen molar-refractivity contribution in [1.82, 2.24) is 0 Å². The Balaban J connectivity index is 2.74. The van der Waals surface area contributed by atoms with Gasteiger partial charge in [-0.25, -0.2) is 4.79 Å². The fraction of sp³-hybridized carbons (Fsp3) is 0.444. The van der Waals surface area contributed by atoms with Crippen molar-refractivity contribution in [1.29, 1.82) is 0 Å². The van der Waals surface area contributed by atoms with Crippen molar-refractivity contribution in [3.8, 4) is 0 Å². The molecule has 0 saturated carbocycles. The normalized spacial score (nSPS) is 14.9. The maximum Gasteiger partial charge on any atom is 0.337 e. The van der Waals surface area contributed by atoms with Crippen molar-refractivity contribution in [3.63, 3.8) is 0 Å². The molecule has 2 N–H and O–H groups in total. The molecule has 0 aliphatic carbocycles. The van der Waals surface area contributed by atoms with Gasteiger partial charge in [0.1, 0.15) is 6.10 Å². The third-order valence-corrected chi connectivity index (χ3v) is 2.91. The Bertz CT molecular complexity index is 320. The van der Waals surface area contributed by atoms with Crippen LogP contribution in [0, 0.1) is 6.92 Å². The molecule has 0 aromatic carbocycles. The molecule has 5 heteroatoms. The van der Waals surface area contributed by atoms with Gasteiger partial charge in [0, 0.05) is 4.88 Å². The number of aryl methyl sites for hydroxylation is 1. The van der Waals surface area contributed by atoms with Crippen LogP contribution >= 0.6 is 11.3 Å². The number of aliphatic hydroxyl groups is 2. The molecule has 0 radical (unpaired) electrons. The lowest BCUT2D eigenvalue weighted by Crippen LogP contribution is -2.28. The van der Waals surface area contributed by atoms with Crippen LogP contribution in [0.4, 0.5) is 0 Å². The maximum atomic E-state index is 10.9. The molecular weight excluding hydrogens is 204 g/mol. The van der Waals surface area contributed by atoms with Crippen LogP contribution in [-0.2, 0) is 9.53 Å². The molecular formula is C9H12O4S. The molecule has 1 heterocycles. The quantitative estimate of drug-likeness (QED) is 0.727. The van der Waals surface area contributed by atoms with Crippen LogP contribution in [0.25, 0.3) is 0 Å². The zero-order valence-electron chi connectivity index (χ0n) is 7.93. The molecule has 0 bridgehead atoms. The first-order valence-electron chi connectivity index (χ1n) is 4.05. The van der Waals surface area contributed by atoms with Crippen molar-refractivity contribution in [3.05, 3.63) is 21.9 Å². The second-order valence-electron chi connectivity index (χ2n) is 2.94. The molecule has 0 fully saturated rings. The Hall–Kier alpha value is -0.910. The largest absolute Gasteiger partial charge is 0.467 e. The van der Waals surface area contributed by atoms with Crippen LogP contribution in [0.2, 0.25) is 0 Å². The van der Waals surface area contributed by atoms with E-state index in [-0.39, 0.29) is 0 Å². The number of hydrogen-bond donors (Lipinski definition) is 2. The number of hydrogen-bond acceptors (Lipinski definition) is 5. The predicted octanol–water partition coefficient (Wildman–Crippen LogP) is 0.624. The molecule has 14 heavy (non-hydrogen) atoms. The van der Waals surface area contributed by atoms with Gasteiger partial charge >= 0.3 is 5.97 Å². The van der Waals surface area contributed by atoms with Gasteiger partial charge in [-0.05, 0) is 23.9 Å². The fourth-order valence-electron chi connectivity index (χ4n) is 1.01. The van der Waals surface area contributed by atoms with E-state index in [1.54, 1.807) is 6.07 Å². The average molecular weight is 216 g/mol. The van der Waals surface area contributed by atoms with Gasteiger partial charge in [-0.15, -0.1) is 11.3 Å². The van der Waals surface area contributed by atoms with Crippen LogP contribution in [-0.4, -0.2) is 29.4 Å². The predicted molar refractivity (Wildman–Crippen MR) is 52.0 cm³/mol. The standard InChI is InChI=1S/C9H12O4S/c1-5-3-6(14-4-5)7(10)8(11)9(12)13-2/h3-4,7-8,10-11H,1-2H3. The first-order chi connectivity index (χ1) is 6.56. The molecule has 1 rings (SSSR count). The lowest BCUT2D eigenvalue weighted by Gasteiger charge is -2.13. The van der Waals surface area contributed by atoms with E-state index in [2.05, 4.69) is 4.74 Å². The van der Waals surface area contributed by atoms with E-state index in [0.717, 1.165) is 12.7 Å². The van der Waals surface area contributed by atoms with Gasteiger partial charge in [-0.3, -0.25) is 0 Å². The average Bonchev–Trinajstić information content (AvgIpc) is 2.61. The van der Waals surface area contributed by atoms with Gasteiger partial charge in [0.05, 0.1) is 7.11 Å². The number of rotatable bonds is 3. The number of carbonyl (C=O) groups is 1. The number of methoxy groups -OCH3 is 1. The summed E-state index contributed by atoms with van der Waals surface area (Å²) in [5.74, 6) is -0.830. The summed E-state index contributed by atoms with van der Waals surface area (Å²) in [5, 5.41) is 20.7. The molecule has 1 aromatic heterocycles. The summed E-state index contributed by atoms with van der Waals surface area (Å²) in [6.45, 7) is 1.87. The molecule has 0 spiro atoms. The topological polar surface area (TPSA) is 66.8 Å². The summed E-state index contributed by atoms with van der Waals surface area (Å²) in [6, 6.07) is 1.72. The molecule has 0 amide bonds. The first kappa shape index (κ1) is 11.2. The Morgan fingerprint density at radius 3 is 2.64 bits per heavy atom. The second kappa shape index (κ2) is 4.54. The van der Waals surface area contributed by atoms with Crippen LogP contribution in [0.15, 0.2) is 11.4 Å². The van der Waals surface area contributed by atoms with Crippen molar-refractivity contribution < 1.29 is 19.7 Å². The first-order valence-corrected chi connectivity index (χ1v) is 4.93. The van der Waals surface area contributed by atoms with E-state index in [1.807, 2.05) is 12.3 Å². The van der Waals surface area contributed by atoms with E-state index in [0.29, 0.717) is 4.88 Å². The molecule has 0 saturated heterocycles. The van der Waals surface area contributed by atoms with Crippen molar-refractivity contribution in [2.75, 3.05) is 7.11 Å². The zero-order chi connectivity index (χ0) is 10.7. The minimum absolute atomic E-state index is 0.556. The second-order valence-corrected chi connectivity index (χ2v) is 3.88. The molecule has 0 aliphatic heterocycles. The molecule has 2 unspecified atom stereocenters. The van der Waals surface area contributed by atoms with Gasteiger partial charge in [0.15, 0.2) is 6.10 Å². The van der Waals surface area contributed by atoms with Crippen molar-refractivity contribution in [2.45, 2.75) is 19.1 Å². The summed E-state index contributed by atoms with van der Waals surface area (Å²) < 4.78 is 4.32. The van der Waals surface area contributed by atoms with Gasteiger partial charge in [0.25, 0.3) is 0 Å². The van der Waals surface area contributed by atoms with E-state index in [1.165, 1.54) is 11.3 Å². The van der Waals surface area contributed by atoms with Crippen LogP contribution in [0.5, 0.6) is 0 Å². The van der Waals surface area contributed by atoms with Gasteiger partial charge in [0.2, 0.25) is 0 Å². The third kappa shape index (κ3) is 2.31. The number of ether oxygens (including phenoxy) is 1. The zero-order valence-corrected chi connectivity index (χ0v) is 8.75. The Labute approximate surface area is 85.8 Å². The molecule has 78 valence electrons. The van der Waals surface area contributed by atoms with Crippen LogP contribution in [0.1, 0.15) is 16.5 Å². The minimum atomic E-state index is -1.52. The fourth-order valence-corrected chi connectivity index (χ4v) is 1.93. The van der Waals surface area contributed by atoms with Gasteiger partial charge < -0.3 is 14.9 Å². The van der Waals surface area contributed by atoms with Gasteiger partial charge in [-0.1, -0.05) is 0 Å². The summed E-state index contributed by atoms with van der Waals surface area (Å²) in [6.07, 6.45) is -2.72. The number of aliphatic hydroxyl groups excluding tert-OH is 2. The highest BCUT2D eigenvalue weighted by molar-refractivity contribution is 7.10. The highest BCUT2D eigenvalue weighted by Crippen LogP contribution is 2.24. The maximum absolute atomic E-state index is 10.9. The van der Waals surface area contributed by atoms with E-state index < -0.39 is 18.2 Å². The third-order valence-electron chi connectivity index (χ3n) is 1.78. The smallest absolute Gasteiger partial charge is 0.337 e. The lowest BCUT2D eigenvalue weighted by atomic mass is 10.1. The lowest BCUT2D eigenvalue weighted by molar-refractivity contribution is -0.156. The molecule has 1 aromatic rings. The van der Waals surface area contributed by atoms with E-state index in [9.17, 15) is 15.0 Å². The monoisotopic (exact) mass is 216 g/mol. The number of thiophene rings is 1. The Morgan fingerprint density at radius 1 is 1.57 bits per heavy atom. The number of carbonyl (C=O) groups excluding carboxylic acids is 1. The minimum Gasteiger partial charge on any atom is -0.467 e. The van der Waals surface area contributed by atoms with Crippen molar-refractivity contribution >= 4 is 17.3 Å².